The van der Waals surface area contributed by atoms with Crippen LogP contribution >= 0.6 is 11.6 Å². The molecule has 0 spiro atoms. The van der Waals surface area contributed by atoms with E-state index >= 15 is 0 Å². The standard InChI is InChI=1S/C27H36ClN3O3/c1-17-10-22(14-29-20(17)4)25(32)13-21-11-24(28)12-23(19(21)3)16-30-8-9-31(18(2)15-30)26(33)34-27(5,6)7/h10-12,14,18H,8-9,13,15-16H2,1-7H3/t18-/m0/s1. The topological polar surface area (TPSA) is 62.7 Å². The van der Waals surface area contributed by atoms with Crippen molar-refractivity contribution in [3.8, 4) is 0 Å². The van der Waals surface area contributed by atoms with Gasteiger partial charge in [-0.2, -0.15) is 0 Å². The molecule has 2 aromatic rings. The summed E-state index contributed by atoms with van der Waals surface area (Å²) in [6.07, 6.45) is 1.67. The van der Waals surface area contributed by atoms with E-state index in [1.54, 1.807) is 11.1 Å². The van der Waals surface area contributed by atoms with E-state index in [1.165, 1.54) is 0 Å². The molecule has 1 aromatic heterocycles. The van der Waals surface area contributed by atoms with Gasteiger partial charge in [0.25, 0.3) is 0 Å². The van der Waals surface area contributed by atoms with Crippen molar-refractivity contribution in [1.82, 2.24) is 14.8 Å². The Morgan fingerprint density at radius 3 is 2.41 bits per heavy atom. The molecule has 0 bridgehead atoms. The van der Waals surface area contributed by atoms with Crippen LogP contribution in [0.15, 0.2) is 24.4 Å². The van der Waals surface area contributed by atoms with E-state index in [4.69, 9.17) is 16.3 Å². The molecular weight excluding hydrogens is 450 g/mol. The highest BCUT2D eigenvalue weighted by Crippen LogP contribution is 2.25. The number of nitrogens with zero attached hydrogens (tertiary/aromatic N) is 3. The number of halogens is 1. The first kappa shape index (κ1) is 26.2. The highest BCUT2D eigenvalue weighted by atomic mass is 35.5. The molecule has 6 nitrogen and oxygen atoms in total. The van der Waals surface area contributed by atoms with Gasteiger partial charge >= 0.3 is 6.09 Å². The molecule has 34 heavy (non-hydrogen) atoms. The molecule has 0 saturated carbocycles. The summed E-state index contributed by atoms with van der Waals surface area (Å²) in [5.41, 5.74) is 5.17. The number of benzene rings is 1. The van der Waals surface area contributed by atoms with Crippen molar-refractivity contribution in [2.45, 2.75) is 73.1 Å². The second-order valence-corrected chi connectivity index (χ2v) is 10.8. The van der Waals surface area contributed by atoms with Crippen molar-refractivity contribution in [2.24, 2.45) is 0 Å². The number of aromatic nitrogens is 1. The minimum absolute atomic E-state index is 0.0338. The van der Waals surface area contributed by atoms with Crippen LogP contribution in [-0.4, -0.2) is 57.9 Å². The molecule has 3 rings (SSSR count). The van der Waals surface area contributed by atoms with Crippen LogP contribution < -0.4 is 0 Å². The summed E-state index contributed by atoms with van der Waals surface area (Å²) in [4.78, 5) is 33.9. The zero-order valence-corrected chi connectivity index (χ0v) is 22.1. The Morgan fingerprint density at radius 2 is 1.79 bits per heavy atom. The molecule has 2 heterocycles. The van der Waals surface area contributed by atoms with Gasteiger partial charge in [0.05, 0.1) is 0 Å². The summed E-state index contributed by atoms with van der Waals surface area (Å²) in [5, 5.41) is 0.627. The fourth-order valence-corrected chi connectivity index (χ4v) is 4.49. The van der Waals surface area contributed by atoms with E-state index in [9.17, 15) is 9.59 Å². The first-order valence-corrected chi connectivity index (χ1v) is 12.2. The molecule has 0 radical (unpaired) electrons. The number of rotatable bonds is 5. The summed E-state index contributed by atoms with van der Waals surface area (Å²) in [6, 6.07) is 5.81. The molecule has 1 saturated heterocycles. The Labute approximate surface area is 208 Å². The van der Waals surface area contributed by atoms with E-state index in [0.717, 1.165) is 41.0 Å². The maximum atomic E-state index is 12.9. The van der Waals surface area contributed by atoms with Gasteiger partial charge in [0, 0.05) is 61.1 Å². The predicted octanol–water partition coefficient (Wildman–Crippen LogP) is 5.53. The first-order valence-electron chi connectivity index (χ1n) is 11.8. The molecule has 0 unspecified atom stereocenters. The molecule has 1 aliphatic heterocycles. The molecule has 0 N–H and O–H groups in total. The molecule has 1 fully saturated rings. The van der Waals surface area contributed by atoms with Crippen LogP contribution in [0.25, 0.3) is 0 Å². The molecule has 1 aliphatic rings. The number of aryl methyl sites for hydroxylation is 2. The van der Waals surface area contributed by atoms with E-state index in [1.807, 2.05) is 66.7 Å². The third-order valence-electron chi connectivity index (χ3n) is 6.33. The van der Waals surface area contributed by atoms with Gasteiger partial charge in [0.1, 0.15) is 5.60 Å². The van der Waals surface area contributed by atoms with Crippen LogP contribution in [0, 0.1) is 20.8 Å². The number of amides is 1. The van der Waals surface area contributed by atoms with E-state index in [0.29, 0.717) is 23.7 Å². The molecule has 0 aliphatic carbocycles. The third-order valence-corrected chi connectivity index (χ3v) is 6.55. The minimum Gasteiger partial charge on any atom is -0.444 e. The lowest BCUT2D eigenvalue weighted by Crippen LogP contribution is -2.54. The number of piperazine rings is 1. The number of hydrogen-bond acceptors (Lipinski definition) is 5. The monoisotopic (exact) mass is 485 g/mol. The first-order chi connectivity index (χ1) is 15.8. The Bertz CT molecular complexity index is 1080. The fourth-order valence-electron chi connectivity index (χ4n) is 4.23. The number of ether oxygens (including phenoxy) is 1. The Hall–Kier alpha value is -2.44. The van der Waals surface area contributed by atoms with Crippen molar-refractivity contribution >= 4 is 23.5 Å². The van der Waals surface area contributed by atoms with Crippen molar-refractivity contribution in [2.75, 3.05) is 19.6 Å². The second kappa shape index (κ2) is 10.4. The lowest BCUT2D eigenvalue weighted by atomic mass is 9.95. The second-order valence-electron chi connectivity index (χ2n) is 10.3. The van der Waals surface area contributed by atoms with Gasteiger partial charge in [0.2, 0.25) is 0 Å². The number of hydrogen-bond donors (Lipinski definition) is 0. The normalized spacial score (nSPS) is 17.1. The quantitative estimate of drug-likeness (QED) is 0.521. The Morgan fingerprint density at radius 1 is 1.12 bits per heavy atom. The maximum Gasteiger partial charge on any atom is 0.410 e. The zero-order valence-electron chi connectivity index (χ0n) is 21.4. The summed E-state index contributed by atoms with van der Waals surface area (Å²) in [5.74, 6) is 0.0338. The highest BCUT2D eigenvalue weighted by Gasteiger charge is 2.31. The summed E-state index contributed by atoms with van der Waals surface area (Å²) < 4.78 is 5.55. The Balaban J connectivity index is 1.70. The minimum atomic E-state index is -0.507. The molecule has 1 atom stereocenters. The summed E-state index contributed by atoms with van der Waals surface area (Å²) in [7, 11) is 0. The van der Waals surface area contributed by atoms with Gasteiger partial charge in [-0.3, -0.25) is 14.7 Å². The lowest BCUT2D eigenvalue weighted by Gasteiger charge is -2.40. The maximum absolute atomic E-state index is 12.9. The average Bonchev–Trinajstić information content (AvgIpc) is 2.72. The van der Waals surface area contributed by atoms with Crippen LogP contribution in [0.1, 0.15) is 66.0 Å². The van der Waals surface area contributed by atoms with Gasteiger partial charge in [-0.25, -0.2) is 4.79 Å². The predicted molar refractivity (Wildman–Crippen MR) is 136 cm³/mol. The van der Waals surface area contributed by atoms with Gasteiger partial charge in [-0.15, -0.1) is 0 Å². The number of Topliss-reactive ketones (excluding diaryl/α,β-unsaturated/α-hetero) is 1. The largest absolute Gasteiger partial charge is 0.444 e. The van der Waals surface area contributed by atoms with Crippen LogP contribution in [0.3, 0.4) is 0 Å². The molecule has 1 amide bonds. The fraction of sp³-hybridized carbons (Fsp3) is 0.519. The van der Waals surface area contributed by atoms with Gasteiger partial charge in [0.15, 0.2) is 5.78 Å². The van der Waals surface area contributed by atoms with E-state index in [2.05, 4.69) is 9.88 Å². The van der Waals surface area contributed by atoms with Crippen LogP contribution in [0.5, 0.6) is 0 Å². The van der Waals surface area contributed by atoms with Crippen LogP contribution in [0.4, 0.5) is 4.79 Å². The van der Waals surface area contributed by atoms with Gasteiger partial charge < -0.3 is 9.64 Å². The van der Waals surface area contributed by atoms with Crippen molar-refractivity contribution < 1.29 is 14.3 Å². The number of carbonyl (C=O) groups excluding carboxylic acids is 2. The van der Waals surface area contributed by atoms with Crippen molar-refractivity contribution in [1.29, 1.82) is 0 Å². The number of carbonyl (C=O) groups is 2. The van der Waals surface area contributed by atoms with Crippen LogP contribution in [-0.2, 0) is 17.7 Å². The molecule has 7 heteroatoms. The van der Waals surface area contributed by atoms with Crippen molar-refractivity contribution in [3.05, 3.63) is 62.9 Å². The van der Waals surface area contributed by atoms with Gasteiger partial charge in [-0.1, -0.05) is 11.6 Å². The van der Waals surface area contributed by atoms with E-state index in [-0.39, 0.29) is 24.3 Å². The van der Waals surface area contributed by atoms with Gasteiger partial charge in [-0.05, 0) is 88.9 Å². The third kappa shape index (κ3) is 6.57. The average molecular weight is 486 g/mol. The number of ketones is 1. The van der Waals surface area contributed by atoms with Crippen LogP contribution in [0.2, 0.25) is 5.02 Å². The SMILES string of the molecule is Cc1cc(C(=O)Cc2cc(Cl)cc(CN3CCN(C(=O)OC(C)(C)C)[C@@H](C)C3)c2C)cnc1C. The number of pyridine rings is 1. The zero-order chi connectivity index (χ0) is 25.2. The highest BCUT2D eigenvalue weighted by molar-refractivity contribution is 6.30. The summed E-state index contributed by atoms with van der Waals surface area (Å²) >= 11 is 6.46. The molecular formula is C27H36ClN3O3. The molecule has 1 aromatic carbocycles. The molecule has 184 valence electrons. The van der Waals surface area contributed by atoms with E-state index < -0.39 is 5.60 Å². The Kier molecular flexibility index (Phi) is 8.04. The smallest absolute Gasteiger partial charge is 0.410 e. The summed E-state index contributed by atoms with van der Waals surface area (Å²) in [6.45, 7) is 16.5. The van der Waals surface area contributed by atoms with Crippen molar-refractivity contribution in [3.63, 3.8) is 0 Å². The lowest BCUT2D eigenvalue weighted by molar-refractivity contribution is 0.000532.